The molecule has 3 heterocycles. The van der Waals surface area contributed by atoms with Gasteiger partial charge in [0.15, 0.2) is 5.01 Å². The largest absolute Gasteiger partial charge is 0.416 e. The number of aromatic nitrogens is 1. The number of thiazole rings is 1. The first-order chi connectivity index (χ1) is 16.8. The first-order valence-electron chi connectivity index (χ1n) is 11.6. The average Bonchev–Trinajstić information content (AvgIpc) is 3.38. The van der Waals surface area contributed by atoms with Crippen molar-refractivity contribution in [3.05, 3.63) is 76.2 Å². The van der Waals surface area contributed by atoms with Crippen LogP contribution in [-0.4, -0.2) is 52.8 Å². The van der Waals surface area contributed by atoms with E-state index < -0.39 is 11.7 Å². The molecule has 35 heavy (non-hydrogen) atoms. The van der Waals surface area contributed by atoms with Crippen molar-refractivity contribution in [1.82, 2.24) is 14.8 Å². The van der Waals surface area contributed by atoms with Crippen molar-refractivity contribution >= 4 is 23.2 Å². The van der Waals surface area contributed by atoms with E-state index in [0.29, 0.717) is 59.7 Å². The van der Waals surface area contributed by atoms with Crippen molar-refractivity contribution < 1.29 is 22.8 Å². The van der Waals surface area contributed by atoms with Crippen LogP contribution in [0.3, 0.4) is 0 Å². The highest BCUT2D eigenvalue weighted by Gasteiger charge is 2.38. The fraction of sp³-hybridized carbons (Fsp3) is 0.346. The molecule has 2 amide bonds. The van der Waals surface area contributed by atoms with Crippen LogP contribution < -0.4 is 0 Å². The molecule has 0 bridgehead atoms. The summed E-state index contributed by atoms with van der Waals surface area (Å²) in [4.78, 5) is 33.1. The number of rotatable bonds is 4. The number of carbonyl (C=O) groups excluding carboxylic acids is 2. The van der Waals surface area contributed by atoms with Gasteiger partial charge in [0.25, 0.3) is 11.8 Å². The van der Waals surface area contributed by atoms with Crippen LogP contribution in [0.25, 0.3) is 11.1 Å². The van der Waals surface area contributed by atoms with E-state index in [1.165, 1.54) is 17.4 Å². The van der Waals surface area contributed by atoms with Crippen LogP contribution in [0.4, 0.5) is 13.2 Å². The number of likely N-dealkylation sites (tertiary alicyclic amines) is 2. The van der Waals surface area contributed by atoms with Crippen LogP contribution >= 0.6 is 11.3 Å². The fourth-order valence-electron chi connectivity index (χ4n) is 4.88. The monoisotopic (exact) mass is 499 g/mol. The van der Waals surface area contributed by atoms with Gasteiger partial charge in [-0.3, -0.25) is 9.59 Å². The van der Waals surface area contributed by atoms with Gasteiger partial charge in [-0.2, -0.15) is 13.2 Å². The third kappa shape index (κ3) is 4.96. The summed E-state index contributed by atoms with van der Waals surface area (Å²) in [5, 5.41) is 2.33. The second-order valence-electron chi connectivity index (χ2n) is 9.09. The third-order valence-corrected chi connectivity index (χ3v) is 7.72. The topological polar surface area (TPSA) is 53.5 Å². The number of piperidine rings is 1. The third-order valence-electron chi connectivity index (χ3n) is 6.96. The molecule has 5 nitrogen and oxygen atoms in total. The Bertz CT molecular complexity index is 1200. The van der Waals surface area contributed by atoms with Crippen molar-refractivity contribution in [2.75, 3.05) is 26.2 Å². The summed E-state index contributed by atoms with van der Waals surface area (Å²) in [5.74, 6) is 0.855. The fourth-order valence-corrected chi connectivity index (χ4v) is 5.48. The summed E-state index contributed by atoms with van der Waals surface area (Å²) >= 11 is 1.36. The number of carbonyl (C=O) groups is 2. The smallest absolute Gasteiger partial charge is 0.338 e. The second-order valence-corrected chi connectivity index (χ2v) is 9.99. The number of amides is 2. The van der Waals surface area contributed by atoms with Gasteiger partial charge < -0.3 is 9.80 Å². The minimum atomic E-state index is -4.40. The van der Waals surface area contributed by atoms with Gasteiger partial charge in [0, 0.05) is 43.3 Å². The van der Waals surface area contributed by atoms with Gasteiger partial charge in [0.2, 0.25) is 0 Å². The van der Waals surface area contributed by atoms with E-state index in [1.807, 2.05) is 9.80 Å². The average molecular weight is 500 g/mol. The molecule has 0 saturated carbocycles. The molecule has 2 saturated heterocycles. The summed E-state index contributed by atoms with van der Waals surface area (Å²) in [6.07, 6.45) is -0.901. The van der Waals surface area contributed by atoms with Crippen molar-refractivity contribution in [3.63, 3.8) is 0 Å². The molecule has 182 valence electrons. The molecule has 0 aliphatic carbocycles. The van der Waals surface area contributed by atoms with Gasteiger partial charge in [-0.15, -0.1) is 11.3 Å². The molecule has 1 aromatic heterocycles. The second kappa shape index (κ2) is 9.45. The Balaban J connectivity index is 1.14. The molecule has 2 aliphatic rings. The highest BCUT2D eigenvalue weighted by Crippen LogP contribution is 2.34. The molecule has 0 unspecified atom stereocenters. The predicted octanol–water partition coefficient (Wildman–Crippen LogP) is 5.45. The molecule has 5 rings (SSSR count). The van der Waals surface area contributed by atoms with Crippen molar-refractivity contribution in [1.29, 1.82) is 0 Å². The van der Waals surface area contributed by atoms with Crippen molar-refractivity contribution in [2.45, 2.75) is 19.0 Å². The van der Waals surface area contributed by atoms with Gasteiger partial charge in [0.1, 0.15) is 0 Å². The van der Waals surface area contributed by atoms with E-state index in [0.717, 1.165) is 25.0 Å². The number of hydrogen-bond donors (Lipinski definition) is 0. The van der Waals surface area contributed by atoms with Crippen LogP contribution in [0.15, 0.2) is 60.1 Å². The van der Waals surface area contributed by atoms with Gasteiger partial charge in [-0.05, 0) is 60.1 Å². The highest BCUT2D eigenvalue weighted by atomic mass is 32.1. The summed E-state index contributed by atoms with van der Waals surface area (Å²) in [5.41, 5.74) is 0.930. The first-order valence-corrected chi connectivity index (χ1v) is 12.4. The number of hydrogen-bond acceptors (Lipinski definition) is 4. The lowest BCUT2D eigenvalue weighted by molar-refractivity contribution is -0.137. The van der Waals surface area contributed by atoms with Gasteiger partial charge in [-0.1, -0.05) is 24.3 Å². The minimum absolute atomic E-state index is 0.00237. The van der Waals surface area contributed by atoms with Gasteiger partial charge in [-0.25, -0.2) is 4.98 Å². The Kier molecular flexibility index (Phi) is 6.35. The van der Waals surface area contributed by atoms with E-state index in [9.17, 15) is 22.8 Å². The lowest BCUT2D eigenvalue weighted by Crippen LogP contribution is -2.54. The Morgan fingerprint density at radius 2 is 1.60 bits per heavy atom. The SMILES string of the molecule is O=C(c1ccc(-c2cccc(C(F)(F)F)c2)cc1)N1CC(C2CCN(C(=O)c3nccs3)CC2)C1. The maximum Gasteiger partial charge on any atom is 0.416 e. The standard InChI is InChI=1S/C26H24F3N3O2S/c27-26(28,29)22-3-1-2-20(14-22)17-4-6-19(7-5-17)24(33)32-15-21(16-32)18-8-11-31(12-9-18)25(34)23-30-10-13-35-23/h1-7,10,13-14,18,21H,8-9,11-12,15-16H2. The van der Waals surface area contributed by atoms with Crippen LogP contribution in [0.2, 0.25) is 0 Å². The van der Waals surface area contributed by atoms with E-state index in [-0.39, 0.29) is 11.8 Å². The van der Waals surface area contributed by atoms with E-state index in [2.05, 4.69) is 4.98 Å². The zero-order valence-electron chi connectivity index (χ0n) is 18.9. The molecule has 2 aliphatic heterocycles. The number of nitrogens with zero attached hydrogens (tertiary/aromatic N) is 3. The summed E-state index contributed by atoms with van der Waals surface area (Å²) < 4.78 is 39.0. The Labute approximate surface area is 205 Å². The molecule has 9 heteroatoms. The zero-order valence-corrected chi connectivity index (χ0v) is 19.7. The lowest BCUT2D eigenvalue weighted by atomic mass is 9.79. The maximum absolute atomic E-state index is 13.0. The number of halogens is 3. The lowest BCUT2D eigenvalue weighted by Gasteiger charge is -2.46. The van der Waals surface area contributed by atoms with Gasteiger partial charge in [0.05, 0.1) is 5.56 Å². The molecule has 2 aromatic carbocycles. The zero-order chi connectivity index (χ0) is 24.6. The molecular weight excluding hydrogens is 475 g/mol. The molecule has 3 aromatic rings. The van der Waals surface area contributed by atoms with Crippen LogP contribution in [0, 0.1) is 11.8 Å². The first kappa shape index (κ1) is 23.5. The molecule has 0 N–H and O–H groups in total. The maximum atomic E-state index is 13.0. The number of benzene rings is 2. The van der Waals surface area contributed by atoms with E-state index in [1.54, 1.807) is 41.9 Å². The molecule has 0 radical (unpaired) electrons. The highest BCUT2D eigenvalue weighted by molar-refractivity contribution is 7.11. The quantitative estimate of drug-likeness (QED) is 0.480. The van der Waals surface area contributed by atoms with Crippen molar-refractivity contribution in [3.8, 4) is 11.1 Å². The molecule has 2 fully saturated rings. The van der Waals surface area contributed by atoms with Crippen LogP contribution in [-0.2, 0) is 6.18 Å². The van der Waals surface area contributed by atoms with Gasteiger partial charge >= 0.3 is 6.18 Å². The van der Waals surface area contributed by atoms with Crippen LogP contribution in [0.1, 0.15) is 38.6 Å². The Hall–Kier alpha value is -3.20. The Morgan fingerprint density at radius 1 is 0.886 bits per heavy atom. The van der Waals surface area contributed by atoms with Crippen LogP contribution in [0.5, 0.6) is 0 Å². The van der Waals surface area contributed by atoms with Crippen molar-refractivity contribution in [2.24, 2.45) is 11.8 Å². The predicted molar refractivity (Wildman–Crippen MR) is 127 cm³/mol. The summed E-state index contributed by atoms with van der Waals surface area (Å²) in [6, 6.07) is 11.9. The Morgan fingerprint density at radius 3 is 2.23 bits per heavy atom. The molecule has 0 spiro atoms. The normalized spacial score (nSPS) is 17.3. The molecule has 0 atom stereocenters. The minimum Gasteiger partial charge on any atom is -0.338 e. The molecular formula is C26H24F3N3O2S. The van der Waals surface area contributed by atoms with E-state index >= 15 is 0 Å². The summed E-state index contributed by atoms with van der Waals surface area (Å²) in [7, 11) is 0. The summed E-state index contributed by atoms with van der Waals surface area (Å²) in [6.45, 7) is 2.81. The number of alkyl halides is 3. The van der Waals surface area contributed by atoms with E-state index in [4.69, 9.17) is 0 Å².